The molecule has 0 aliphatic rings. The molecule has 160 valence electrons. The Kier molecular flexibility index (Phi) is 5.71. The van der Waals surface area contributed by atoms with Gasteiger partial charge in [-0.25, -0.2) is 14.6 Å². The number of nitrogens with zero attached hydrogens (tertiary/aromatic N) is 4. The highest BCUT2D eigenvalue weighted by molar-refractivity contribution is 6.38. The van der Waals surface area contributed by atoms with Gasteiger partial charge in [-0.2, -0.15) is 5.10 Å². The molecule has 2 aromatic heterocycles. The molecule has 32 heavy (non-hydrogen) atoms. The average molecular weight is 428 g/mol. The van der Waals surface area contributed by atoms with E-state index in [1.807, 2.05) is 30.3 Å². The molecule has 4 aromatic rings. The summed E-state index contributed by atoms with van der Waals surface area (Å²) in [5, 5.41) is 7.76. The van der Waals surface area contributed by atoms with Crippen molar-refractivity contribution in [2.45, 2.75) is 19.4 Å². The molecule has 2 aromatic carbocycles. The topological polar surface area (TPSA) is 133 Å². The van der Waals surface area contributed by atoms with E-state index in [0.29, 0.717) is 11.6 Å². The van der Waals surface area contributed by atoms with E-state index in [1.165, 1.54) is 4.68 Å². The number of para-hydroxylation sites is 1. The molecule has 3 N–H and O–H groups in total. The predicted octanol–water partition coefficient (Wildman–Crippen LogP) is 1.52. The summed E-state index contributed by atoms with van der Waals surface area (Å²) in [7, 11) is 0. The molecule has 0 saturated heterocycles. The molecule has 2 heterocycles. The molecule has 4 rings (SSSR count). The molecule has 0 fully saturated rings. The number of Topliss-reactive ketones (excluding diaryl/α,β-unsaturated/α-hetero) is 1. The number of benzene rings is 2. The van der Waals surface area contributed by atoms with E-state index in [2.05, 4.69) is 20.4 Å². The lowest BCUT2D eigenvalue weighted by Crippen LogP contribution is -2.47. The Labute approximate surface area is 183 Å². The van der Waals surface area contributed by atoms with Crippen LogP contribution < -0.4 is 11.1 Å². The molecule has 0 bridgehead atoms. The van der Waals surface area contributed by atoms with Gasteiger partial charge in [0.1, 0.15) is 6.04 Å². The van der Waals surface area contributed by atoms with Crippen LogP contribution >= 0.6 is 0 Å². The van der Waals surface area contributed by atoms with Crippen molar-refractivity contribution in [3.8, 4) is 5.95 Å². The van der Waals surface area contributed by atoms with Gasteiger partial charge in [0, 0.05) is 23.7 Å². The fraction of sp³-hybridized carbons (Fsp3) is 0.130. The summed E-state index contributed by atoms with van der Waals surface area (Å²) in [5.41, 5.74) is 7.39. The van der Waals surface area contributed by atoms with E-state index in [0.717, 1.165) is 16.5 Å². The molecule has 0 spiro atoms. The number of aryl methyl sites for hydroxylation is 1. The zero-order valence-corrected chi connectivity index (χ0v) is 17.2. The number of fused-ring (bicyclic) bond motifs is 1. The number of hydrogen-bond donors (Lipinski definition) is 2. The van der Waals surface area contributed by atoms with Gasteiger partial charge in [0.05, 0.1) is 5.52 Å². The van der Waals surface area contributed by atoms with Crippen LogP contribution in [0.3, 0.4) is 0 Å². The summed E-state index contributed by atoms with van der Waals surface area (Å²) < 4.78 is 1.45. The summed E-state index contributed by atoms with van der Waals surface area (Å²) in [5.74, 6) is -2.29. The molecule has 1 unspecified atom stereocenters. The Morgan fingerprint density at radius 2 is 1.78 bits per heavy atom. The molecule has 0 aliphatic heterocycles. The van der Waals surface area contributed by atoms with Gasteiger partial charge < -0.3 is 11.1 Å². The Hall–Kier alpha value is -4.40. The second kappa shape index (κ2) is 8.76. The lowest BCUT2D eigenvalue weighted by atomic mass is 10.0. The quantitative estimate of drug-likeness (QED) is 0.429. The number of carbonyl (C=O) groups is 3. The van der Waals surface area contributed by atoms with Gasteiger partial charge >= 0.3 is 0 Å². The minimum absolute atomic E-state index is 0.0644. The third kappa shape index (κ3) is 4.36. The third-order valence-electron chi connectivity index (χ3n) is 4.93. The normalized spacial score (nSPS) is 11.8. The van der Waals surface area contributed by atoms with Crippen LogP contribution in [-0.2, 0) is 16.0 Å². The van der Waals surface area contributed by atoms with Gasteiger partial charge in [-0.15, -0.1) is 0 Å². The molecule has 9 heteroatoms. The van der Waals surface area contributed by atoms with Crippen LogP contribution in [0.25, 0.3) is 16.9 Å². The van der Waals surface area contributed by atoms with Gasteiger partial charge in [-0.1, -0.05) is 48.5 Å². The molecule has 0 saturated carbocycles. The first-order valence-electron chi connectivity index (χ1n) is 9.89. The van der Waals surface area contributed by atoms with Crippen LogP contribution in [0, 0.1) is 6.92 Å². The van der Waals surface area contributed by atoms with Crippen molar-refractivity contribution in [3.63, 3.8) is 0 Å². The van der Waals surface area contributed by atoms with Crippen molar-refractivity contribution >= 4 is 28.5 Å². The van der Waals surface area contributed by atoms with Crippen molar-refractivity contribution in [1.29, 1.82) is 0 Å². The first-order valence-corrected chi connectivity index (χ1v) is 9.89. The van der Waals surface area contributed by atoms with Crippen LogP contribution in [0.2, 0.25) is 0 Å². The Morgan fingerprint density at radius 1 is 1.06 bits per heavy atom. The largest absolute Gasteiger partial charge is 0.363 e. The van der Waals surface area contributed by atoms with Gasteiger partial charge in [-0.05, 0) is 24.6 Å². The summed E-state index contributed by atoms with van der Waals surface area (Å²) in [6, 6.07) is 17.0. The lowest BCUT2D eigenvalue weighted by molar-refractivity contribution is -0.137. The molecular weight excluding hydrogens is 408 g/mol. The first-order chi connectivity index (χ1) is 15.4. The second-order valence-electron chi connectivity index (χ2n) is 7.26. The molecular formula is C23H20N6O3. The van der Waals surface area contributed by atoms with E-state index in [1.54, 1.807) is 43.5 Å². The number of carbonyl (C=O) groups excluding carboxylic acids is 3. The van der Waals surface area contributed by atoms with Crippen LogP contribution in [0.4, 0.5) is 0 Å². The van der Waals surface area contributed by atoms with E-state index >= 15 is 0 Å². The maximum absolute atomic E-state index is 12.8. The third-order valence-corrected chi connectivity index (χ3v) is 4.93. The Balaban J connectivity index is 1.59. The van der Waals surface area contributed by atoms with Crippen molar-refractivity contribution in [2.75, 3.05) is 0 Å². The highest BCUT2D eigenvalue weighted by Gasteiger charge is 2.27. The van der Waals surface area contributed by atoms with E-state index in [-0.39, 0.29) is 12.1 Å². The average Bonchev–Trinajstić information content (AvgIpc) is 3.20. The van der Waals surface area contributed by atoms with Crippen molar-refractivity contribution in [3.05, 3.63) is 83.8 Å². The zero-order valence-electron chi connectivity index (χ0n) is 17.2. The van der Waals surface area contributed by atoms with E-state index in [4.69, 9.17) is 5.73 Å². The zero-order chi connectivity index (χ0) is 22.7. The van der Waals surface area contributed by atoms with Crippen molar-refractivity contribution in [1.82, 2.24) is 25.1 Å². The highest BCUT2D eigenvalue weighted by atomic mass is 16.2. The Morgan fingerprint density at radius 3 is 2.53 bits per heavy atom. The van der Waals surface area contributed by atoms with E-state index < -0.39 is 23.6 Å². The van der Waals surface area contributed by atoms with Crippen LogP contribution in [0.15, 0.2) is 66.9 Å². The monoisotopic (exact) mass is 428 g/mol. The molecule has 2 amide bonds. The molecule has 9 nitrogen and oxygen atoms in total. The van der Waals surface area contributed by atoms with Crippen molar-refractivity contribution in [2.24, 2.45) is 5.73 Å². The first kappa shape index (κ1) is 20.9. The maximum atomic E-state index is 12.8. The predicted molar refractivity (Wildman–Crippen MR) is 117 cm³/mol. The van der Waals surface area contributed by atoms with E-state index in [9.17, 15) is 14.4 Å². The number of rotatable bonds is 7. The number of primary amides is 1. The molecule has 0 radical (unpaired) electrons. The maximum Gasteiger partial charge on any atom is 0.287 e. The summed E-state index contributed by atoms with van der Waals surface area (Å²) in [4.78, 5) is 45.4. The molecule has 1 atom stereocenters. The van der Waals surface area contributed by atoms with Gasteiger partial charge in [0.25, 0.3) is 17.8 Å². The van der Waals surface area contributed by atoms with Crippen LogP contribution in [-0.4, -0.2) is 43.4 Å². The Bertz CT molecular complexity index is 1320. The lowest BCUT2D eigenvalue weighted by Gasteiger charge is -2.15. The minimum atomic E-state index is -1.11. The van der Waals surface area contributed by atoms with Gasteiger partial charge in [-0.3, -0.25) is 14.4 Å². The van der Waals surface area contributed by atoms with Crippen molar-refractivity contribution < 1.29 is 14.4 Å². The number of aromatic nitrogens is 4. The standard InChI is InChI=1S/C23H20N6O3/c1-14-11-19(28-29(14)23-25-13-16-9-5-6-10-17(16)27-23)22(32)26-18(20(30)21(24)31)12-15-7-3-2-4-8-15/h2-11,13,18H,12H2,1H3,(H2,24,31)(H,26,32). The highest BCUT2D eigenvalue weighted by Crippen LogP contribution is 2.14. The number of ketones is 1. The van der Waals surface area contributed by atoms with Crippen LogP contribution in [0.5, 0.6) is 0 Å². The summed E-state index contributed by atoms with van der Waals surface area (Å²) in [6.45, 7) is 1.76. The SMILES string of the molecule is Cc1cc(C(=O)NC(Cc2ccccc2)C(=O)C(N)=O)nn1-c1ncc2ccccc2n1. The summed E-state index contributed by atoms with van der Waals surface area (Å²) >= 11 is 0. The summed E-state index contributed by atoms with van der Waals surface area (Å²) in [6.07, 6.45) is 1.81. The van der Waals surface area contributed by atoms with Crippen LogP contribution in [0.1, 0.15) is 21.7 Å². The number of nitrogens with one attached hydrogen (secondary N) is 1. The fourth-order valence-corrected chi connectivity index (χ4v) is 3.32. The molecule has 0 aliphatic carbocycles. The second-order valence-corrected chi connectivity index (χ2v) is 7.26. The van der Waals surface area contributed by atoms with Gasteiger partial charge in [0.2, 0.25) is 5.78 Å². The number of hydrogen-bond acceptors (Lipinski definition) is 6. The number of amides is 2. The number of nitrogens with two attached hydrogens (primary N) is 1. The fourth-order valence-electron chi connectivity index (χ4n) is 3.32. The smallest absolute Gasteiger partial charge is 0.287 e. The minimum Gasteiger partial charge on any atom is -0.363 e. The van der Waals surface area contributed by atoms with Gasteiger partial charge in [0.15, 0.2) is 5.69 Å².